The van der Waals surface area contributed by atoms with Gasteiger partial charge in [0.1, 0.15) is 31.0 Å². The van der Waals surface area contributed by atoms with Gasteiger partial charge in [-0.3, -0.25) is 4.79 Å². The standard InChI is InChI=1S/C31H60O7/c1-4-5-6-7-8-9-10-11-12-13-14-15-16-17-18-19-20-21-22-23-27(32)36-24-26-28(33)29(34)30(35)31(38-26)37-25(2)3/h25-26,28-31,33-35H,4-24H2,1-3H3/t26-,28-,29+,30-,31?/m1/s1. The Labute approximate surface area is 233 Å². The highest BCUT2D eigenvalue weighted by atomic mass is 16.7. The zero-order chi connectivity index (χ0) is 28.0. The Morgan fingerprint density at radius 3 is 1.50 bits per heavy atom. The van der Waals surface area contributed by atoms with Crippen molar-refractivity contribution in [3.63, 3.8) is 0 Å². The van der Waals surface area contributed by atoms with E-state index in [-0.39, 0.29) is 18.7 Å². The molecule has 0 saturated carbocycles. The van der Waals surface area contributed by atoms with Crippen LogP contribution in [0.25, 0.3) is 0 Å². The highest BCUT2D eigenvalue weighted by Gasteiger charge is 2.45. The number of unbranched alkanes of at least 4 members (excludes halogenated alkanes) is 18. The van der Waals surface area contributed by atoms with Crippen molar-refractivity contribution < 1.29 is 34.3 Å². The smallest absolute Gasteiger partial charge is 0.305 e. The van der Waals surface area contributed by atoms with Crippen LogP contribution >= 0.6 is 0 Å². The number of aliphatic hydroxyl groups excluding tert-OH is 3. The van der Waals surface area contributed by atoms with E-state index >= 15 is 0 Å². The minimum Gasteiger partial charge on any atom is -0.463 e. The molecule has 1 aliphatic heterocycles. The van der Waals surface area contributed by atoms with Crippen molar-refractivity contribution in [1.29, 1.82) is 0 Å². The van der Waals surface area contributed by atoms with Gasteiger partial charge in [0.25, 0.3) is 0 Å². The second kappa shape index (κ2) is 23.0. The average molecular weight is 545 g/mol. The normalized spacial score (nSPS) is 23.7. The van der Waals surface area contributed by atoms with Gasteiger partial charge in [-0.15, -0.1) is 0 Å². The van der Waals surface area contributed by atoms with Crippen molar-refractivity contribution in [3.05, 3.63) is 0 Å². The van der Waals surface area contributed by atoms with E-state index in [1.807, 2.05) is 0 Å². The number of rotatable bonds is 24. The van der Waals surface area contributed by atoms with Gasteiger partial charge in [-0.05, 0) is 20.3 Å². The molecule has 5 atom stereocenters. The Kier molecular flexibility index (Phi) is 21.4. The highest BCUT2D eigenvalue weighted by Crippen LogP contribution is 2.23. The van der Waals surface area contributed by atoms with E-state index in [4.69, 9.17) is 14.2 Å². The number of carbonyl (C=O) groups is 1. The van der Waals surface area contributed by atoms with Gasteiger partial charge in [0.2, 0.25) is 0 Å². The molecule has 226 valence electrons. The first-order valence-electron chi connectivity index (χ1n) is 15.9. The minimum absolute atomic E-state index is 0.180. The maximum Gasteiger partial charge on any atom is 0.305 e. The fourth-order valence-electron chi connectivity index (χ4n) is 5.03. The number of ether oxygens (including phenoxy) is 3. The fourth-order valence-corrected chi connectivity index (χ4v) is 5.03. The summed E-state index contributed by atoms with van der Waals surface area (Å²) in [5.74, 6) is -0.338. The highest BCUT2D eigenvalue weighted by molar-refractivity contribution is 5.69. The van der Waals surface area contributed by atoms with Crippen LogP contribution in [-0.4, -0.2) is 64.7 Å². The summed E-state index contributed by atoms with van der Waals surface area (Å²) in [7, 11) is 0. The number of carbonyl (C=O) groups excluding carboxylic acids is 1. The van der Waals surface area contributed by atoms with E-state index in [1.165, 1.54) is 103 Å². The molecule has 0 aromatic rings. The minimum atomic E-state index is -1.42. The van der Waals surface area contributed by atoms with Gasteiger partial charge in [0.05, 0.1) is 6.10 Å². The molecule has 1 saturated heterocycles. The second-order valence-corrected chi connectivity index (χ2v) is 11.5. The molecule has 0 aromatic carbocycles. The van der Waals surface area contributed by atoms with Crippen molar-refractivity contribution in [2.75, 3.05) is 6.61 Å². The van der Waals surface area contributed by atoms with Crippen LogP contribution in [0, 0.1) is 0 Å². The summed E-state index contributed by atoms with van der Waals surface area (Å²) in [6, 6.07) is 0. The Hall–Kier alpha value is -0.730. The number of hydrogen-bond acceptors (Lipinski definition) is 7. The van der Waals surface area contributed by atoms with Crippen molar-refractivity contribution in [1.82, 2.24) is 0 Å². The van der Waals surface area contributed by atoms with E-state index in [1.54, 1.807) is 13.8 Å². The molecule has 38 heavy (non-hydrogen) atoms. The van der Waals surface area contributed by atoms with Crippen LogP contribution in [0.4, 0.5) is 0 Å². The lowest BCUT2D eigenvalue weighted by atomic mass is 9.99. The van der Waals surface area contributed by atoms with Crippen LogP contribution in [0.2, 0.25) is 0 Å². The van der Waals surface area contributed by atoms with Crippen molar-refractivity contribution in [2.24, 2.45) is 0 Å². The molecule has 0 bridgehead atoms. The largest absolute Gasteiger partial charge is 0.463 e. The molecule has 1 unspecified atom stereocenters. The van der Waals surface area contributed by atoms with Gasteiger partial charge >= 0.3 is 5.97 Å². The Morgan fingerprint density at radius 1 is 0.658 bits per heavy atom. The maximum absolute atomic E-state index is 12.1. The summed E-state index contributed by atoms with van der Waals surface area (Å²) in [6.45, 7) is 5.66. The predicted molar refractivity (Wildman–Crippen MR) is 152 cm³/mol. The zero-order valence-electron chi connectivity index (χ0n) is 24.8. The third-order valence-corrected chi connectivity index (χ3v) is 7.47. The first-order valence-corrected chi connectivity index (χ1v) is 15.9. The van der Waals surface area contributed by atoms with Crippen LogP contribution < -0.4 is 0 Å². The molecule has 7 nitrogen and oxygen atoms in total. The van der Waals surface area contributed by atoms with E-state index in [0.717, 1.165) is 19.3 Å². The van der Waals surface area contributed by atoms with Crippen LogP contribution in [0.15, 0.2) is 0 Å². The number of aliphatic hydroxyl groups is 3. The van der Waals surface area contributed by atoms with Gasteiger partial charge < -0.3 is 29.5 Å². The maximum atomic E-state index is 12.1. The lowest BCUT2D eigenvalue weighted by Crippen LogP contribution is -2.59. The van der Waals surface area contributed by atoms with E-state index in [0.29, 0.717) is 6.42 Å². The summed E-state index contributed by atoms with van der Waals surface area (Å²) >= 11 is 0. The van der Waals surface area contributed by atoms with Crippen LogP contribution in [0.5, 0.6) is 0 Å². The van der Waals surface area contributed by atoms with Crippen LogP contribution in [0.1, 0.15) is 149 Å². The lowest BCUT2D eigenvalue weighted by molar-refractivity contribution is -0.309. The summed E-state index contributed by atoms with van der Waals surface area (Å²) < 4.78 is 16.2. The summed E-state index contributed by atoms with van der Waals surface area (Å²) in [6.07, 6.45) is 18.9. The SMILES string of the molecule is CCCCCCCCCCCCCCCCCCCCCC(=O)OC[C@H]1OC(OC(C)C)[C@H](O)[C@@H](O)[C@@H]1O. The summed E-state index contributed by atoms with van der Waals surface area (Å²) in [5.41, 5.74) is 0. The molecule has 1 heterocycles. The molecule has 1 rings (SSSR count). The molecule has 7 heteroatoms. The molecule has 0 amide bonds. The molecule has 1 fully saturated rings. The quantitative estimate of drug-likeness (QED) is 0.0930. The first-order chi connectivity index (χ1) is 18.4. The third kappa shape index (κ3) is 17.1. The average Bonchev–Trinajstić information content (AvgIpc) is 2.89. The fraction of sp³-hybridized carbons (Fsp3) is 0.968. The Bertz CT molecular complexity index is 556. The molecule has 0 spiro atoms. The number of hydrogen-bond donors (Lipinski definition) is 3. The van der Waals surface area contributed by atoms with Crippen molar-refractivity contribution >= 4 is 5.97 Å². The number of esters is 1. The van der Waals surface area contributed by atoms with Crippen LogP contribution in [0.3, 0.4) is 0 Å². The Morgan fingerprint density at radius 2 is 1.08 bits per heavy atom. The van der Waals surface area contributed by atoms with E-state index in [2.05, 4.69) is 6.92 Å². The van der Waals surface area contributed by atoms with E-state index in [9.17, 15) is 20.1 Å². The molecule has 0 aromatic heterocycles. The van der Waals surface area contributed by atoms with Gasteiger partial charge in [0.15, 0.2) is 6.29 Å². The summed E-state index contributed by atoms with van der Waals surface area (Å²) in [5, 5.41) is 30.2. The molecule has 3 N–H and O–H groups in total. The molecular weight excluding hydrogens is 484 g/mol. The van der Waals surface area contributed by atoms with Gasteiger partial charge in [0, 0.05) is 6.42 Å². The van der Waals surface area contributed by atoms with Crippen LogP contribution in [-0.2, 0) is 19.0 Å². The van der Waals surface area contributed by atoms with Gasteiger partial charge in [-0.2, -0.15) is 0 Å². The molecule has 0 aliphatic carbocycles. The zero-order valence-corrected chi connectivity index (χ0v) is 24.8. The molecule has 1 aliphatic rings. The van der Waals surface area contributed by atoms with Gasteiger partial charge in [-0.1, -0.05) is 122 Å². The first kappa shape index (κ1) is 35.3. The second-order valence-electron chi connectivity index (χ2n) is 11.5. The lowest BCUT2D eigenvalue weighted by Gasteiger charge is -2.40. The van der Waals surface area contributed by atoms with Crippen molar-refractivity contribution in [3.8, 4) is 0 Å². The summed E-state index contributed by atoms with van der Waals surface area (Å²) in [4.78, 5) is 12.1. The Balaban J connectivity index is 1.91. The molecule has 0 radical (unpaired) electrons. The molecular formula is C31H60O7. The van der Waals surface area contributed by atoms with E-state index < -0.39 is 30.7 Å². The monoisotopic (exact) mass is 544 g/mol. The predicted octanol–water partition coefficient (Wildman–Crippen LogP) is 6.58. The topological polar surface area (TPSA) is 105 Å². The van der Waals surface area contributed by atoms with Crippen molar-refractivity contribution in [2.45, 2.75) is 186 Å². The van der Waals surface area contributed by atoms with Gasteiger partial charge in [-0.25, -0.2) is 0 Å². The third-order valence-electron chi connectivity index (χ3n) is 7.47.